The van der Waals surface area contributed by atoms with E-state index in [4.69, 9.17) is 9.47 Å². The fraction of sp³-hybridized carbons (Fsp3) is 0.667. The Balaban J connectivity index is 2.26. The molecule has 0 amide bonds. The number of aromatic nitrogens is 2. The molecular formula is C12H18N2O3. The van der Waals surface area contributed by atoms with Crippen molar-refractivity contribution < 1.29 is 14.6 Å². The first kappa shape index (κ1) is 12.1. The van der Waals surface area contributed by atoms with Gasteiger partial charge in [-0.15, -0.1) is 0 Å². The standard InChI is InChI=1S/C12H18N2O3/c1-12(2)5-7(12)10(15)9-11(17-4)14-8(16-3)6-13-9/h6-7,10,15H,5H2,1-4H3. The van der Waals surface area contributed by atoms with Gasteiger partial charge in [0.2, 0.25) is 11.8 Å². The van der Waals surface area contributed by atoms with Crippen LogP contribution < -0.4 is 9.47 Å². The molecule has 5 nitrogen and oxygen atoms in total. The quantitative estimate of drug-likeness (QED) is 0.862. The molecule has 17 heavy (non-hydrogen) atoms. The third-order valence-electron chi connectivity index (χ3n) is 3.40. The van der Waals surface area contributed by atoms with Crippen LogP contribution in [0.1, 0.15) is 32.1 Å². The van der Waals surface area contributed by atoms with Crippen LogP contribution in [0.5, 0.6) is 11.8 Å². The lowest BCUT2D eigenvalue weighted by Crippen LogP contribution is -2.10. The molecule has 94 valence electrons. The number of hydrogen-bond donors (Lipinski definition) is 1. The van der Waals surface area contributed by atoms with Crippen LogP contribution in [0.25, 0.3) is 0 Å². The predicted molar refractivity (Wildman–Crippen MR) is 62.0 cm³/mol. The number of ether oxygens (including phenoxy) is 2. The smallest absolute Gasteiger partial charge is 0.241 e. The molecule has 1 N–H and O–H groups in total. The van der Waals surface area contributed by atoms with Crippen molar-refractivity contribution in [1.29, 1.82) is 0 Å². The van der Waals surface area contributed by atoms with Crippen LogP contribution in [0.2, 0.25) is 0 Å². The van der Waals surface area contributed by atoms with Gasteiger partial charge in [-0.2, -0.15) is 4.98 Å². The molecule has 2 atom stereocenters. The number of hydrogen-bond acceptors (Lipinski definition) is 5. The lowest BCUT2D eigenvalue weighted by Gasteiger charge is -2.14. The Bertz CT molecular complexity index is 420. The number of nitrogens with zero attached hydrogens (tertiary/aromatic N) is 2. The third kappa shape index (κ3) is 2.20. The van der Waals surface area contributed by atoms with E-state index in [9.17, 15) is 5.11 Å². The Morgan fingerprint density at radius 1 is 1.41 bits per heavy atom. The molecule has 1 heterocycles. The summed E-state index contributed by atoms with van der Waals surface area (Å²) in [6, 6.07) is 0. The van der Waals surface area contributed by atoms with Gasteiger partial charge in [0.1, 0.15) is 11.8 Å². The summed E-state index contributed by atoms with van der Waals surface area (Å²) in [6.07, 6.45) is 1.86. The molecular weight excluding hydrogens is 220 g/mol. The van der Waals surface area contributed by atoms with Crippen LogP contribution in [-0.2, 0) is 0 Å². The Morgan fingerprint density at radius 2 is 2.06 bits per heavy atom. The summed E-state index contributed by atoms with van der Waals surface area (Å²) in [7, 11) is 3.03. The van der Waals surface area contributed by atoms with Gasteiger partial charge in [0.05, 0.1) is 20.4 Å². The van der Waals surface area contributed by atoms with Crippen molar-refractivity contribution in [2.45, 2.75) is 26.4 Å². The maximum Gasteiger partial charge on any atom is 0.241 e. The minimum absolute atomic E-state index is 0.173. The van der Waals surface area contributed by atoms with E-state index in [0.29, 0.717) is 17.5 Å². The molecule has 1 aromatic heterocycles. The van der Waals surface area contributed by atoms with Crippen LogP contribution in [-0.4, -0.2) is 29.3 Å². The molecule has 1 aliphatic rings. The summed E-state index contributed by atoms with van der Waals surface area (Å²) in [6.45, 7) is 4.26. The van der Waals surface area contributed by atoms with E-state index >= 15 is 0 Å². The second-order valence-electron chi connectivity index (χ2n) is 5.05. The molecule has 1 saturated carbocycles. The van der Waals surface area contributed by atoms with Crippen molar-refractivity contribution >= 4 is 0 Å². The van der Waals surface area contributed by atoms with Gasteiger partial charge in [0.25, 0.3) is 0 Å². The Kier molecular flexibility index (Phi) is 2.95. The molecule has 1 aliphatic carbocycles. The highest BCUT2D eigenvalue weighted by Crippen LogP contribution is 2.58. The normalized spacial score (nSPS) is 23.0. The lowest BCUT2D eigenvalue weighted by molar-refractivity contribution is 0.129. The van der Waals surface area contributed by atoms with E-state index in [0.717, 1.165) is 6.42 Å². The van der Waals surface area contributed by atoms with E-state index < -0.39 is 6.10 Å². The van der Waals surface area contributed by atoms with Gasteiger partial charge in [-0.3, -0.25) is 0 Å². The molecule has 0 radical (unpaired) electrons. The van der Waals surface area contributed by atoms with Crippen LogP contribution >= 0.6 is 0 Å². The molecule has 0 bridgehead atoms. The van der Waals surface area contributed by atoms with Gasteiger partial charge in [-0.25, -0.2) is 4.98 Å². The zero-order valence-corrected chi connectivity index (χ0v) is 10.6. The van der Waals surface area contributed by atoms with Crippen molar-refractivity contribution in [2.24, 2.45) is 11.3 Å². The molecule has 0 spiro atoms. The molecule has 0 aliphatic heterocycles. The van der Waals surface area contributed by atoms with Gasteiger partial charge in [-0.05, 0) is 17.8 Å². The maximum atomic E-state index is 10.2. The fourth-order valence-electron chi connectivity index (χ4n) is 2.06. The van der Waals surface area contributed by atoms with Gasteiger partial charge >= 0.3 is 0 Å². The van der Waals surface area contributed by atoms with Gasteiger partial charge in [-0.1, -0.05) is 13.8 Å². The van der Waals surface area contributed by atoms with E-state index in [1.165, 1.54) is 20.4 Å². The molecule has 2 rings (SSSR count). The van der Waals surface area contributed by atoms with E-state index in [-0.39, 0.29) is 11.3 Å². The average molecular weight is 238 g/mol. The number of aliphatic hydroxyl groups is 1. The first-order valence-corrected chi connectivity index (χ1v) is 5.62. The van der Waals surface area contributed by atoms with Crippen molar-refractivity contribution in [1.82, 2.24) is 9.97 Å². The SMILES string of the molecule is COc1cnc(C(O)C2CC2(C)C)c(OC)n1. The van der Waals surface area contributed by atoms with Crippen LogP contribution in [0.3, 0.4) is 0 Å². The summed E-state index contributed by atoms with van der Waals surface area (Å²) in [5.41, 5.74) is 0.662. The average Bonchev–Trinajstić information content (AvgIpc) is 2.96. The molecule has 5 heteroatoms. The first-order chi connectivity index (χ1) is 7.99. The zero-order chi connectivity index (χ0) is 12.6. The first-order valence-electron chi connectivity index (χ1n) is 5.62. The highest BCUT2D eigenvalue weighted by Gasteiger charge is 2.51. The molecule has 1 aromatic rings. The topological polar surface area (TPSA) is 64.5 Å². The Morgan fingerprint density at radius 3 is 2.53 bits per heavy atom. The molecule has 0 saturated heterocycles. The monoisotopic (exact) mass is 238 g/mol. The largest absolute Gasteiger partial charge is 0.480 e. The molecule has 1 fully saturated rings. The summed E-state index contributed by atoms with van der Waals surface area (Å²) in [5.74, 6) is 0.937. The van der Waals surface area contributed by atoms with E-state index in [2.05, 4.69) is 23.8 Å². The van der Waals surface area contributed by atoms with Crippen LogP contribution in [0.4, 0.5) is 0 Å². The van der Waals surface area contributed by atoms with Crippen molar-refractivity contribution in [3.05, 3.63) is 11.9 Å². The van der Waals surface area contributed by atoms with Crippen LogP contribution in [0.15, 0.2) is 6.20 Å². The number of aliphatic hydroxyl groups excluding tert-OH is 1. The van der Waals surface area contributed by atoms with Gasteiger partial charge in [0.15, 0.2) is 0 Å². The van der Waals surface area contributed by atoms with Crippen LogP contribution in [0, 0.1) is 11.3 Å². The fourth-order valence-corrected chi connectivity index (χ4v) is 2.06. The second-order valence-corrected chi connectivity index (χ2v) is 5.05. The van der Waals surface area contributed by atoms with Crippen molar-refractivity contribution in [2.75, 3.05) is 14.2 Å². The molecule has 2 unspecified atom stereocenters. The summed E-state index contributed by atoms with van der Waals surface area (Å²) in [4.78, 5) is 8.31. The molecule has 0 aromatic carbocycles. The Hall–Kier alpha value is -1.36. The van der Waals surface area contributed by atoms with E-state index in [1.54, 1.807) is 0 Å². The van der Waals surface area contributed by atoms with Crippen molar-refractivity contribution in [3.8, 4) is 11.8 Å². The minimum atomic E-state index is -0.627. The van der Waals surface area contributed by atoms with Gasteiger partial charge < -0.3 is 14.6 Å². The Labute approximate surface area is 101 Å². The second kappa shape index (κ2) is 4.14. The summed E-state index contributed by atoms with van der Waals surface area (Å²) < 4.78 is 10.1. The summed E-state index contributed by atoms with van der Waals surface area (Å²) in [5, 5.41) is 10.2. The maximum absolute atomic E-state index is 10.2. The highest BCUT2D eigenvalue weighted by atomic mass is 16.5. The zero-order valence-electron chi connectivity index (χ0n) is 10.6. The summed E-state index contributed by atoms with van der Waals surface area (Å²) >= 11 is 0. The number of methoxy groups -OCH3 is 2. The lowest BCUT2D eigenvalue weighted by atomic mass is 10.0. The van der Waals surface area contributed by atoms with Gasteiger partial charge in [0, 0.05) is 0 Å². The predicted octanol–water partition coefficient (Wildman–Crippen LogP) is 1.57. The highest BCUT2D eigenvalue weighted by molar-refractivity contribution is 5.26. The third-order valence-corrected chi connectivity index (χ3v) is 3.40. The van der Waals surface area contributed by atoms with E-state index in [1.807, 2.05) is 0 Å². The minimum Gasteiger partial charge on any atom is -0.480 e. The number of rotatable bonds is 4. The van der Waals surface area contributed by atoms with Crippen molar-refractivity contribution in [3.63, 3.8) is 0 Å².